The Balaban J connectivity index is 2.18. The molecule has 1 aliphatic rings. The molecule has 3 nitrogen and oxygen atoms in total. The molecule has 1 fully saturated rings. The van der Waals surface area contributed by atoms with Crippen LogP contribution in [0.15, 0.2) is 5.38 Å². The van der Waals surface area contributed by atoms with Crippen LogP contribution in [0.2, 0.25) is 0 Å². The van der Waals surface area contributed by atoms with E-state index < -0.39 is 0 Å². The first-order chi connectivity index (χ1) is 8.75. The Kier molecular flexibility index (Phi) is 4.76. The summed E-state index contributed by atoms with van der Waals surface area (Å²) in [6.45, 7) is 5.47. The van der Waals surface area contributed by atoms with E-state index in [2.05, 4.69) is 24.5 Å². The Morgan fingerprint density at radius 1 is 1.44 bits per heavy atom. The fraction of sp³-hybridized carbons (Fsp3) is 0.786. The van der Waals surface area contributed by atoms with Crippen LogP contribution in [0.25, 0.3) is 0 Å². The van der Waals surface area contributed by atoms with Gasteiger partial charge in [0.1, 0.15) is 10.6 Å². The van der Waals surface area contributed by atoms with E-state index in [1.165, 1.54) is 25.0 Å². The molecule has 1 aromatic heterocycles. The van der Waals surface area contributed by atoms with Crippen LogP contribution in [-0.4, -0.2) is 18.6 Å². The maximum absolute atomic E-state index is 5.75. The van der Waals surface area contributed by atoms with Crippen LogP contribution in [0, 0.1) is 0 Å². The molecule has 2 rings (SSSR count). The molecule has 18 heavy (non-hydrogen) atoms. The molecule has 0 aliphatic carbocycles. The van der Waals surface area contributed by atoms with Gasteiger partial charge in [-0.25, -0.2) is 4.98 Å². The summed E-state index contributed by atoms with van der Waals surface area (Å²) in [5.41, 5.74) is 1.02. The van der Waals surface area contributed by atoms with E-state index in [4.69, 9.17) is 9.72 Å². The molecule has 1 unspecified atom stereocenters. The van der Waals surface area contributed by atoms with Gasteiger partial charge in [-0.1, -0.05) is 20.3 Å². The first-order valence-corrected chi connectivity index (χ1v) is 7.88. The van der Waals surface area contributed by atoms with Crippen molar-refractivity contribution in [2.45, 2.75) is 57.6 Å². The van der Waals surface area contributed by atoms with Crippen LogP contribution < -0.4 is 5.32 Å². The minimum atomic E-state index is -0.183. The second-order valence-electron chi connectivity index (χ2n) is 4.99. The highest BCUT2D eigenvalue weighted by molar-refractivity contribution is 7.09. The molecule has 0 spiro atoms. The van der Waals surface area contributed by atoms with Gasteiger partial charge < -0.3 is 10.1 Å². The molecule has 102 valence electrons. The van der Waals surface area contributed by atoms with Crippen molar-refractivity contribution in [2.24, 2.45) is 0 Å². The van der Waals surface area contributed by atoms with E-state index in [0.29, 0.717) is 6.04 Å². The molecule has 0 bridgehead atoms. The van der Waals surface area contributed by atoms with Gasteiger partial charge in [0.05, 0.1) is 11.7 Å². The highest BCUT2D eigenvalue weighted by Gasteiger charge is 2.32. The lowest BCUT2D eigenvalue weighted by molar-refractivity contribution is -0.0220. The van der Waals surface area contributed by atoms with Crippen LogP contribution in [0.1, 0.15) is 62.7 Å². The Labute approximate surface area is 114 Å². The number of methoxy groups -OCH3 is 1. The van der Waals surface area contributed by atoms with Crippen molar-refractivity contribution in [1.82, 2.24) is 10.3 Å². The molecule has 1 N–H and O–H groups in total. The smallest absolute Gasteiger partial charge is 0.125 e. The Bertz CT molecular complexity index is 359. The highest BCUT2D eigenvalue weighted by Crippen LogP contribution is 2.36. The normalized spacial score (nSPS) is 21.2. The zero-order valence-electron chi connectivity index (χ0n) is 11.7. The van der Waals surface area contributed by atoms with Crippen LogP contribution in [0.5, 0.6) is 0 Å². The summed E-state index contributed by atoms with van der Waals surface area (Å²) in [6.07, 6.45) is 5.76. The summed E-state index contributed by atoms with van der Waals surface area (Å²) in [6, 6.07) is 0.451. The van der Waals surface area contributed by atoms with E-state index >= 15 is 0 Å². The number of ether oxygens (including phenoxy) is 1. The molecule has 0 amide bonds. The standard InChI is InChI=1S/C14H24N2OS/c1-4-14(5-2,17-3)13-16-12(10-18-13)11-8-6-7-9-15-11/h10-11,15H,4-9H2,1-3H3. The summed E-state index contributed by atoms with van der Waals surface area (Å²) in [5, 5.41) is 6.90. The fourth-order valence-corrected chi connectivity index (χ4v) is 3.88. The lowest BCUT2D eigenvalue weighted by Crippen LogP contribution is -2.29. The molecule has 0 aromatic carbocycles. The van der Waals surface area contributed by atoms with Crippen molar-refractivity contribution in [2.75, 3.05) is 13.7 Å². The van der Waals surface area contributed by atoms with Gasteiger partial charge in [-0.15, -0.1) is 11.3 Å². The maximum Gasteiger partial charge on any atom is 0.125 e. The molecule has 1 saturated heterocycles. The molecule has 2 heterocycles. The Morgan fingerprint density at radius 2 is 2.22 bits per heavy atom. The fourth-order valence-electron chi connectivity index (χ4n) is 2.69. The SMILES string of the molecule is CCC(CC)(OC)c1nc(C2CCCCN2)cs1. The van der Waals surface area contributed by atoms with Gasteiger partial charge in [0.15, 0.2) is 0 Å². The van der Waals surface area contributed by atoms with Crippen molar-refractivity contribution < 1.29 is 4.74 Å². The third-order valence-electron chi connectivity index (χ3n) is 4.11. The zero-order chi connectivity index (χ0) is 13.0. The number of piperidine rings is 1. The van der Waals surface area contributed by atoms with Gasteiger partial charge in [0.2, 0.25) is 0 Å². The average Bonchev–Trinajstić information content (AvgIpc) is 2.93. The lowest BCUT2D eigenvalue weighted by atomic mass is 9.98. The third-order valence-corrected chi connectivity index (χ3v) is 5.16. The van der Waals surface area contributed by atoms with E-state index in [0.717, 1.165) is 24.4 Å². The van der Waals surface area contributed by atoms with Gasteiger partial charge in [0, 0.05) is 12.5 Å². The van der Waals surface area contributed by atoms with Gasteiger partial charge in [0.25, 0.3) is 0 Å². The van der Waals surface area contributed by atoms with Crippen LogP contribution in [0.3, 0.4) is 0 Å². The molecular weight excluding hydrogens is 244 g/mol. The summed E-state index contributed by atoms with van der Waals surface area (Å²) in [5.74, 6) is 0. The number of hydrogen-bond acceptors (Lipinski definition) is 4. The largest absolute Gasteiger partial charge is 0.371 e. The second-order valence-corrected chi connectivity index (χ2v) is 5.84. The molecule has 0 saturated carbocycles. The second kappa shape index (κ2) is 6.13. The lowest BCUT2D eigenvalue weighted by Gasteiger charge is -2.28. The summed E-state index contributed by atoms with van der Waals surface area (Å²) in [7, 11) is 1.80. The van der Waals surface area contributed by atoms with Gasteiger partial charge >= 0.3 is 0 Å². The van der Waals surface area contributed by atoms with Crippen molar-refractivity contribution in [3.63, 3.8) is 0 Å². The predicted molar refractivity (Wildman–Crippen MR) is 76.0 cm³/mol. The minimum Gasteiger partial charge on any atom is -0.371 e. The maximum atomic E-state index is 5.75. The third kappa shape index (κ3) is 2.60. The molecule has 1 atom stereocenters. The number of thiazole rings is 1. The van der Waals surface area contributed by atoms with Crippen LogP contribution in [0.4, 0.5) is 0 Å². The Hall–Kier alpha value is -0.450. The first-order valence-electron chi connectivity index (χ1n) is 7.00. The van der Waals surface area contributed by atoms with Crippen molar-refractivity contribution in [3.05, 3.63) is 16.1 Å². The average molecular weight is 268 g/mol. The van der Waals surface area contributed by atoms with Gasteiger partial charge in [-0.05, 0) is 32.2 Å². The first kappa shape index (κ1) is 14.0. The summed E-state index contributed by atoms with van der Waals surface area (Å²) >= 11 is 1.75. The number of aromatic nitrogens is 1. The minimum absolute atomic E-state index is 0.183. The molecule has 1 aliphatic heterocycles. The highest BCUT2D eigenvalue weighted by atomic mass is 32.1. The number of nitrogens with one attached hydrogen (secondary N) is 1. The topological polar surface area (TPSA) is 34.1 Å². The number of hydrogen-bond donors (Lipinski definition) is 1. The van der Waals surface area contributed by atoms with Gasteiger partial charge in [-0.2, -0.15) is 0 Å². The summed E-state index contributed by atoms with van der Waals surface area (Å²) < 4.78 is 5.75. The van der Waals surface area contributed by atoms with E-state index in [9.17, 15) is 0 Å². The molecule has 4 heteroatoms. The predicted octanol–water partition coefficient (Wildman–Crippen LogP) is 3.62. The quantitative estimate of drug-likeness (QED) is 0.885. The molecule has 0 radical (unpaired) electrons. The number of nitrogens with zero attached hydrogens (tertiary/aromatic N) is 1. The van der Waals surface area contributed by atoms with E-state index in [1.54, 1.807) is 18.4 Å². The Morgan fingerprint density at radius 3 is 2.78 bits per heavy atom. The monoisotopic (exact) mass is 268 g/mol. The van der Waals surface area contributed by atoms with E-state index in [1.807, 2.05) is 0 Å². The summed E-state index contributed by atoms with van der Waals surface area (Å²) in [4.78, 5) is 4.85. The molecule has 1 aromatic rings. The molecular formula is C14H24N2OS. The van der Waals surface area contributed by atoms with Crippen molar-refractivity contribution in [3.8, 4) is 0 Å². The zero-order valence-corrected chi connectivity index (χ0v) is 12.5. The van der Waals surface area contributed by atoms with Crippen molar-refractivity contribution >= 4 is 11.3 Å². The number of rotatable bonds is 5. The van der Waals surface area contributed by atoms with E-state index in [-0.39, 0.29) is 5.60 Å². The van der Waals surface area contributed by atoms with Crippen LogP contribution in [-0.2, 0) is 10.3 Å². The van der Waals surface area contributed by atoms with Gasteiger partial charge in [-0.3, -0.25) is 0 Å². The van der Waals surface area contributed by atoms with Crippen LogP contribution >= 0.6 is 11.3 Å². The van der Waals surface area contributed by atoms with Crippen molar-refractivity contribution in [1.29, 1.82) is 0 Å².